The van der Waals surface area contributed by atoms with Crippen LogP contribution >= 0.6 is 7.82 Å². The Bertz CT molecular complexity index is 1830. The van der Waals surface area contributed by atoms with Gasteiger partial charge in [0.1, 0.15) is 12.7 Å². The smallest absolute Gasteiger partial charge is 0.462 e. The number of hydrogen-bond donors (Lipinski definition) is 2. The largest absolute Gasteiger partial charge is 0.472 e. The second kappa shape index (κ2) is 56.6. The topological polar surface area (TPSA) is 155 Å². The van der Waals surface area contributed by atoms with E-state index in [9.17, 15) is 28.9 Å². The molecule has 12 heteroatoms. The molecule has 76 heavy (non-hydrogen) atoms. The van der Waals surface area contributed by atoms with Gasteiger partial charge < -0.3 is 24.2 Å². The molecule has 0 spiro atoms. The molecule has 0 aromatic rings. The number of aliphatic hydroxyl groups is 1. The maximum atomic E-state index is 12.9. The van der Waals surface area contributed by atoms with Crippen LogP contribution in [0.3, 0.4) is 0 Å². The highest BCUT2D eigenvalue weighted by Crippen LogP contribution is 2.43. The molecule has 0 radical (unpaired) electrons. The van der Waals surface area contributed by atoms with Gasteiger partial charge in [-0.2, -0.15) is 0 Å². The summed E-state index contributed by atoms with van der Waals surface area (Å²) in [6.07, 6.45) is 72.4. The highest BCUT2D eigenvalue weighted by atomic mass is 31.2. The summed E-state index contributed by atoms with van der Waals surface area (Å²) >= 11 is 0. The average molecular weight is 1080 g/mol. The first-order chi connectivity index (χ1) is 37.2. The molecule has 0 aliphatic rings. The molecule has 0 amide bonds. The van der Waals surface area contributed by atoms with Gasteiger partial charge in [0.2, 0.25) is 0 Å². The zero-order valence-corrected chi connectivity index (χ0v) is 48.0. The molecular formula is C64H101O11P. The summed E-state index contributed by atoms with van der Waals surface area (Å²) < 4.78 is 39.4. The third-order valence-corrected chi connectivity index (χ3v) is 12.2. The van der Waals surface area contributed by atoms with Crippen LogP contribution in [0.25, 0.3) is 0 Å². The van der Waals surface area contributed by atoms with Gasteiger partial charge in [0.15, 0.2) is 6.10 Å². The van der Waals surface area contributed by atoms with Gasteiger partial charge in [-0.3, -0.25) is 23.4 Å². The third kappa shape index (κ3) is 54.2. The van der Waals surface area contributed by atoms with Gasteiger partial charge in [0.25, 0.3) is 0 Å². The number of unbranched alkanes of at least 4 members (excludes halogenated alkanes) is 10. The summed E-state index contributed by atoms with van der Waals surface area (Å²) in [7, 11) is -4.79. The first-order valence-electron chi connectivity index (χ1n) is 28.7. The zero-order valence-electron chi connectivity index (χ0n) is 47.2. The van der Waals surface area contributed by atoms with Crippen molar-refractivity contribution in [2.24, 2.45) is 0 Å². The van der Waals surface area contributed by atoms with E-state index in [0.29, 0.717) is 19.3 Å². The SMILES string of the molecule is CC/C=C\C/C=C\C/C=C\C/C=C\CCCCCCCCC(=O)OCC(COP(=O)(O)OCC(CO)OC(=O)CCCC/C=C\C/C=C\C/C=C\C/C=C\CC)OC(=O)CCCC/C=C\C/C=C\C/C=C\C/C=C\CC. The fraction of sp³-hybridized carbons (Fsp3) is 0.578. The quantitative estimate of drug-likeness (QED) is 0.0197. The predicted octanol–water partition coefficient (Wildman–Crippen LogP) is 17.1. The van der Waals surface area contributed by atoms with Crippen LogP contribution in [-0.2, 0) is 42.2 Å². The van der Waals surface area contributed by atoms with Crippen molar-refractivity contribution < 1.29 is 52.2 Å². The van der Waals surface area contributed by atoms with Crippen LogP contribution in [0.15, 0.2) is 146 Å². The molecule has 3 atom stereocenters. The molecule has 0 aliphatic heterocycles. The van der Waals surface area contributed by atoms with Crippen molar-refractivity contribution in [3.8, 4) is 0 Å². The Hall–Kier alpha value is -4.64. The van der Waals surface area contributed by atoms with Crippen LogP contribution in [0.5, 0.6) is 0 Å². The molecule has 2 N–H and O–H groups in total. The lowest BCUT2D eigenvalue weighted by atomic mass is 10.1. The minimum atomic E-state index is -4.79. The van der Waals surface area contributed by atoms with E-state index in [1.54, 1.807) is 0 Å². The molecule has 0 aromatic carbocycles. The summed E-state index contributed by atoms with van der Waals surface area (Å²) in [6.45, 7) is 4.16. The van der Waals surface area contributed by atoms with Crippen LogP contribution in [-0.4, -0.2) is 66.5 Å². The van der Waals surface area contributed by atoms with Gasteiger partial charge in [0, 0.05) is 19.3 Å². The Morgan fingerprint density at radius 3 is 1.01 bits per heavy atom. The van der Waals surface area contributed by atoms with Gasteiger partial charge in [-0.25, -0.2) is 4.57 Å². The van der Waals surface area contributed by atoms with Crippen molar-refractivity contribution in [2.75, 3.05) is 26.4 Å². The molecule has 11 nitrogen and oxygen atoms in total. The van der Waals surface area contributed by atoms with Crippen LogP contribution in [0, 0.1) is 0 Å². The Balaban J connectivity index is 4.86. The van der Waals surface area contributed by atoms with Gasteiger partial charge in [-0.15, -0.1) is 0 Å². The van der Waals surface area contributed by atoms with E-state index in [0.717, 1.165) is 141 Å². The Kier molecular flexibility index (Phi) is 53.1. The lowest BCUT2D eigenvalue weighted by Crippen LogP contribution is -2.30. The van der Waals surface area contributed by atoms with Gasteiger partial charge in [0.05, 0.1) is 19.8 Å². The highest BCUT2D eigenvalue weighted by Gasteiger charge is 2.28. The predicted molar refractivity (Wildman–Crippen MR) is 316 cm³/mol. The van der Waals surface area contributed by atoms with Crippen molar-refractivity contribution in [2.45, 2.75) is 213 Å². The number of hydrogen-bond acceptors (Lipinski definition) is 10. The number of ether oxygens (including phenoxy) is 3. The Labute approximate surface area is 461 Å². The standard InChI is InChI=1S/C64H101O11P/c1-4-7-10-13-16-19-22-25-28-29-30-31-34-35-38-41-44-47-50-53-62(66)71-57-61(75-64(68)55-52-49-46-43-40-37-33-27-24-21-18-15-12-9-6-3)59-73-76(69,70)72-58-60(56-65)74-63(67)54-51-48-45-42-39-36-32-26-23-20-17-14-11-8-5-2/h7-12,16-21,25-28,30-33,39-40,42-43,60-61,65H,4-6,13-15,22-24,29,34-38,41,44-59H2,1-3H3,(H,69,70)/b10-7-,11-8-,12-9-,19-16-,20-17-,21-18-,28-25-,31-30-,32-26-,33-27-,42-39-,43-40-. The minimum Gasteiger partial charge on any atom is -0.462 e. The summed E-state index contributed by atoms with van der Waals surface area (Å²) in [5.41, 5.74) is 0. The molecule has 0 heterocycles. The molecule has 0 fully saturated rings. The molecule has 0 aromatic heterocycles. The molecule has 0 aliphatic carbocycles. The number of esters is 3. The van der Waals surface area contributed by atoms with E-state index >= 15 is 0 Å². The maximum absolute atomic E-state index is 12.9. The highest BCUT2D eigenvalue weighted by molar-refractivity contribution is 7.47. The lowest BCUT2D eigenvalue weighted by Gasteiger charge is -2.21. The second-order valence-electron chi connectivity index (χ2n) is 18.3. The van der Waals surface area contributed by atoms with E-state index in [-0.39, 0.29) is 25.9 Å². The molecular weight excluding hydrogens is 976 g/mol. The molecule has 3 unspecified atom stereocenters. The summed E-state index contributed by atoms with van der Waals surface area (Å²) in [5, 5.41) is 9.81. The van der Waals surface area contributed by atoms with Crippen molar-refractivity contribution in [3.63, 3.8) is 0 Å². The monoisotopic (exact) mass is 1080 g/mol. The van der Waals surface area contributed by atoms with E-state index in [1.807, 2.05) is 0 Å². The van der Waals surface area contributed by atoms with Crippen molar-refractivity contribution in [3.05, 3.63) is 146 Å². The molecule has 428 valence electrons. The van der Waals surface area contributed by atoms with Crippen LogP contribution in [0.1, 0.15) is 201 Å². The van der Waals surface area contributed by atoms with Crippen LogP contribution < -0.4 is 0 Å². The summed E-state index contributed by atoms with van der Waals surface area (Å²) in [4.78, 5) is 48.5. The molecule has 0 bridgehead atoms. The van der Waals surface area contributed by atoms with Crippen LogP contribution in [0.2, 0.25) is 0 Å². The number of carbonyl (C=O) groups is 3. The summed E-state index contributed by atoms with van der Waals surface area (Å²) in [6, 6.07) is 0. The first-order valence-corrected chi connectivity index (χ1v) is 30.2. The fourth-order valence-corrected chi connectivity index (χ4v) is 7.76. The number of phosphoric ester groups is 1. The summed E-state index contributed by atoms with van der Waals surface area (Å²) in [5.74, 6) is -1.59. The molecule has 0 saturated carbocycles. The normalized spacial score (nSPS) is 14.4. The lowest BCUT2D eigenvalue weighted by molar-refractivity contribution is -0.161. The van der Waals surface area contributed by atoms with E-state index < -0.39 is 57.8 Å². The minimum absolute atomic E-state index is 0.0999. The van der Waals surface area contributed by atoms with E-state index in [2.05, 4.69) is 167 Å². The van der Waals surface area contributed by atoms with Crippen molar-refractivity contribution in [1.29, 1.82) is 0 Å². The molecule has 0 rings (SSSR count). The van der Waals surface area contributed by atoms with Gasteiger partial charge in [-0.1, -0.05) is 192 Å². The van der Waals surface area contributed by atoms with Crippen LogP contribution in [0.4, 0.5) is 0 Å². The second-order valence-corrected chi connectivity index (χ2v) is 19.8. The Morgan fingerprint density at radius 1 is 0.368 bits per heavy atom. The maximum Gasteiger partial charge on any atom is 0.472 e. The first kappa shape index (κ1) is 71.4. The fourth-order valence-electron chi connectivity index (χ4n) is 6.97. The molecule has 0 saturated heterocycles. The number of phosphoric acid groups is 1. The third-order valence-electron chi connectivity index (χ3n) is 11.2. The van der Waals surface area contributed by atoms with E-state index in [4.69, 9.17) is 23.3 Å². The van der Waals surface area contributed by atoms with Gasteiger partial charge >= 0.3 is 25.7 Å². The van der Waals surface area contributed by atoms with Crippen molar-refractivity contribution >= 4 is 25.7 Å². The number of rotatable bonds is 51. The average Bonchev–Trinajstić information content (AvgIpc) is 3.41. The Morgan fingerprint density at radius 2 is 0.645 bits per heavy atom. The van der Waals surface area contributed by atoms with Gasteiger partial charge in [-0.05, 0) is 135 Å². The number of allylic oxidation sites excluding steroid dienone is 24. The number of carbonyl (C=O) groups excluding carboxylic acids is 3. The van der Waals surface area contributed by atoms with E-state index in [1.165, 1.54) is 0 Å². The zero-order chi connectivity index (χ0) is 55.5. The number of aliphatic hydroxyl groups excluding tert-OH is 1. The van der Waals surface area contributed by atoms with Crippen molar-refractivity contribution in [1.82, 2.24) is 0 Å².